The van der Waals surface area contributed by atoms with Crippen LogP contribution in [0.4, 0.5) is 0 Å². The van der Waals surface area contributed by atoms with E-state index in [4.69, 9.17) is 0 Å². The molecule has 5 heteroatoms. The maximum atomic E-state index is 12.3. The predicted octanol–water partition coefficient (Wildman–Crippen LogP) is 0.729. The molecule has 1 atom stereocenters. The molecule has 1 fully saturated rings. The molecule has 3 N–H and O–H groups in total. The van der Waals surface area contributed by atoms with Crippen LogP contribution in [-0.2, 0) is 17.8 Å². The van der Waals surface area contributed by atoms with E-state index in [1.165, 1.54) is 12.8 Å². The minimum absolute atomic E-state index is 0.0788. The Balaban J connectivity index is 1.64. The molecule has 1 unspecified atom stereocenters. The molecule has 2 heterocycles. The first-order valence-electron chi connectivity index (χ1n) is 6.63. The highest BCUT2D eigenvalue weighted by molar-refractivity contribution is 5.83. The van der Waals surface area contributed by atoms with Crippen molar-refractivity contribution < 1.29 is 4.79 Å². The largest absolute Gasteiger partial charge is 0.350 e. The van der Waals surface area contributed by atoms with Gasteiger partial charge in [-0.05, 0) is 32.6 Å². The van der Waals surface area contributed by atoms with Crippen molar-refractivity contribution in [3.8, 4) is 0 Å². The van der Waals surface area contributed by atoms with E-state index < -0.39 is 0 Å². The molecule has 0 saturated heterocycles. The van der Waals surface area contributed by atoms with Gasteiger partial charge in [-0.3, -0.25) is 10.1 Å². The number of nitrogens with one attached hydrogen (secondary N) is 3. The summed E-state index contributed by atoms with van der Waals surface area (Å²) in [4.78, 5) is 19.6. The summed E-state index contributed by atoms with van der Waals surface area (Å²) in [6, 6.07) is -0.154. The third kappa shape index (κ3) is 2.14. The minimum Gasteiger partial charge on any atom is -0.350 e. The number of amides is 1. The quantitative estimate of drug-likeness (QED) is 0.738. The normalized spacial score (nSPS) is 23.6. The highest BCUT2D eigenvalue weighted by atomic mass is 16.2. The summed E-state index contributed by atoms with van der Waals surface area (Å²) < 4.78 is 0. The standard InChI is InChI=1S/C13H20N4O/c1-13(2,8-3-4-8)17-12(18)10-5-9-11(6-14-10)16-7-15-9/h7-8,10,14H,3-6H2,1-2H3,(H,15,16)(H,17,18). The number of nitrogens with zero attached hydrogens (tertiary/aromatic N) is 1. The van der Waals surface area contributed by atoms with Gasteiger partial charge in [0.1, 0.15) is 0 Å². The number of hydrogen-bond acceptors (Lipinski definition) is 3. The van der Waals surface area contributed by atoms with Crippen molar-refractivity contribution in [1.82, 2.24) is 20.6 Å². The highest BCUT2D eigenvalue weighted by Gasteiger charge is 2.40. The molecule has 2 aliphatic rings. The van der Waals surface area contributed by atoms with Gasteiger partial charge in [-0.15, -0.1) is 0 Å². The summed E-state index contributed by atoms with van der Waals surface area (Å²) >= 11 is 0. The van der Waals surface area contributed by atoms with Crippen molar-refractivity contribution in [2.75, 3.05) is 0 Å². The fraction of sp³-hybridized carbons (Fsp3) is 0.692. The first kappa shape index (κ1) is 11.7. The molecular formula is C13H20N4O. The molecule has 5 nitrogen and oxygen atoms in total. The second-order valence-electron chi connectivity index (χ2n) is 5.95. The zero-order valence-electron chi connectivity index (χ0n) is 10.9. The molecule has 1 aliphatic heterocycles. The number of H-pyrrole nitrogens is 1. The monoisotopic (exact) mass is 248 g/mol. The van der Waals surface area contributed by atoms with Crippen molar-refractivity contribution in [3.05, 3.63) is 17.7 Å². The summed E-state index contributed by atoms with van der Waals surface area (Å²) in [5.74, 6) is 0.742. The highest BCUT2D eigenvalue weighted by Crippen LogP contribution is 2.39. The van der Waals surface area contributed by atoms with E-state index in [1.54, 1.807) is 6.33 Å². The predicted molar refractivity (Wildman–Crippen MR) is 67.9 cm³/mol. The van der Waals surface area contributed by atoms with Crippen LogP contribution in [0, 0.1) is 5.92 Å². The minimum atomic E-state index is -0.154. The number of aromatic nitrogens is 2. The Morgan fingerprint density at radius 1 is 1.50 bits per heavy atom. The first-order valence-corrected chi connectivity index (χ1v) is 6.63. The second kappa shape index (κ2) is 4.09. The lowest BCUT2D eigenvalue weighted by Crippen LogP contribution is -2.54. The Morgan fingerprint density at radius 2 is 2.28 bits per heavy atom. The number of aromatic amines is 1. The summed E-state index contributed by atoms with van der Waals surface area (Å²) in [7, 11) is 0. The molecule has 1 aromatic heterocycles. The SMILES string of the molecule is CC(C)(NC(=O)C1Cc2nc[nH]c2CN1)C1CC1. The van der Waals surface area contributed by atoms with E-state index in [2.05, 4.69) is 34.4 Å². The van der Waals surface area contributed by atoms with E-state index >= 15 is 0 Å². The van der Waals surface area contributed by atoms with Crippen LogP contribution in [0.15, 0.2) is 6.33 Å². The molecule has 0 bridgehead atoms. The Morgan fingerprint density at radius 3 is 3.00 bits per heavy atom. The van der Waals surface area contributed by atoms with Crippen LogP contribution in [0.25, 0.3) is 0 Å². The molecule has 18 heavy (non-hydrogen) atoms. The molecular weight excluding hydrogens is 228 g/mol. The van der Waals surface area contributed by atoms with Crippen molar-refractivity contribution in [2.24, 2.45) is 5.92 Å². The van der Waals surface area contributed by atoms with Crippen molar-refractivity contribution in [3.63, 3.8) is 0 Å². The Kier molecular flexibility index (Phi) is 2.66. The van der Waals surface area contributed by atoms with Crippen molar-refractivity contribution >= 4 is 5.91 Å². The molecule has 1 amide bonds. The van der Waals surface area contributed by atoms with Gasteiger partial charge in [0, 0.05) is 18.5 Å². The lowest BCUT2D eigenvalue weighted by atomic mass is 9.97. The van der Waals surface area contributed by atoms with Crippen LogP contribution >= 0.6 is 0 Å². The van der Waals surface area contributed by atoms with Crippen LogP contribution < -0.4 is 10.6 Å². The maximum absolute atomic E-state index is 12.3. The molecule has 1 aliphatic carbocycles. The van der Waals surface area contributed by atoms with E-state index in [0.717, 1.165) is 11.4 Å². The maximum Gasteiger partial charge on any atom is 0.237 e. The summed E-state index contributed by atoms with van der Waals surface area (Å²) in [6.45, 7) is 4.92. The van der Waals surface area contributed by atoms with E-state index in [0.29, 0.717) is 18.9 Å². The number of imidazole rings is 1. The van der Waals surface area contributed by atoms with E-state index in [9.17, 15) is 4.79 Å². The molecule has 1 aromatic rings. The van der Waals surface area contributed by atoms with Crippen LogP contribution in [-0.4, -0.2) is 27.5 Å². The van der Waals surface area contributed by atoms with Gasteiger partial charge in [-0.2, -0.15) is 0 Å². The summed E-state index contributed by atoms with van der Waals surface area (Å²) in [6.07, 6.45) is 4.83. The lowest BCUT2D eigenvalue weighted by Gasteiger charge is -2.30. The molecule has 3 rings (SSSR count). The third-order valence-electron chi connectivity index (χ3n) is 4.09. The van der Waals surface area contributed by atoms with Gasteiger partial charge < -0.3 is 10.3 Å². The third-order valence-corrected chi connectivity index (χ3v) is 4.09. The van der Waals surface area contributed by atoms with Crippen molar-refractivity contribution in [1.29, 1.82) is 0 Å². The Hall–Kier alpha value is -1.36. The van der Waals surface area contributed by atoms with Gasteiger partial charge in [0.2, 0.25) is 5.91 Å². The topological polar surface area (TPSA) is 69.8 Å². The molecule has 98 valence electrons. The Bertz CT molecular complexity index is 461. The van der Waals surface area contributed by atoms with Crippen molar-refractivity contribution in [2.45, 2.75) is 51.2 Å². The van der Waals surface area contributed by atoms with Crippen LogP contribution in [0.5, 0.6) is 0 Å². The zero-order chi connectivity index (χ0) is 12.8. The second-order valence-corrected chi connectivity index (χ2v) is 5.95. The van der Waals surface area contributed by atoms with E-state index in [1.807, 2.05) is 0 Å². The van der Waals surface area contributed by atoms with Gasteiger partial charge in [-0.25, -0.2) is 4.98 Å². The van der Waals surface area contributed by atoms with Gasteiger partial charge in [-0.1, -0.05) is 0 Å². The summed E-state index contributed by atoms with van der Waals surface area (Å²) in [5, 5.41) is 6.43. The lowest BCUT2D eigenvalue weighted by molar-refractivity contribution is -0.125. The molecule has 1 saturated carbocycles. The zero-order valence-corrected chi connectivity index (χ0v) is 10.9. The van der Waals surface area contributed by atoms with Gasteiger partial charge >= 0.3 is 0 Å². The smallest absolute Gasteiger partial charge is 0.237 e. The number of fused-ring (bicyclic) bond motifs is 1. The molecule has 0 radical (unpaired) electrons. The first-order chi connectivity index (χ1) is 8.56. The fourth-order valence-electron chi connectivity index (χ4n) is 2.67. The average molecular weight is 248 g/mol. The number of carbonyl (C=O) groups is 1. The van der Waals surface area contributed by atoms with E-state index in [-0.39, 0.29) is 17.5 Å². The molecule has 0 spiro atoms. The van der Waals surface area contributed by atoms with Gasteiger partial charge in [0.15, 0.2) is 0 Å². The molecule has 0 aromatic carbocycles. The summed E-state index contributed by atoms with van der Waals surface area (Å²) in [5.41, 5.74) is 2.03. The van der Waals surface area contributed by atoms with Crippen LogP contribution in [0.2, 0.25) is 0 Å². The number of carbonyl (C=O) groups excluding carboxylic acids is 1. The number of hydrogen-bond donors (Lipinski definition) is 3. The fourth-order valence-corrected chi connectivity index (χ4v) is 2.67. The van der Waals surface area contributed by atoms with Gasteiger partial charge in [0.25, 0.3) is 0 Å². The van der Waals surface area contributed by atoms with Gasteiger partial charge in [0.05, 0.1) is 23.8 Å². The number of rotatable bonds is 3. The van der Waals surface area contributed by atoms with Crippen LogP contribution in [0.3, 0.4) is 0 Å². The average Bonchev–Trinajstić information content (AvgIpc) is 3.08. The van der Waals surface area contributed by atoms with Crippen LogP contribution in [0.1, 0.15) is 38.1 Å². The Labute approximate surface area is 107 Å².